The summed E-state index contributed by atoms with van der Waals surface area (Å²) in [7, 11) is 0. The van der Waals surface area contributed by atoms with Gasteiger partial charge in [-0.25, -0.2) is 19.7 Å². The van der Waals surface area contributed by atoms with E-state index in [0.29, 0.717) is 24.9 Å². The Bertz CT molecular complexity index is 822. The molecule has 132 valence electrons. The first kappa shape index (κ1) is 16.9. The number of nitrogens with one attached hydrogen (secondary N) is 1. The summed E-state index contributed by atoms with van der Waals surface area (Å²) in [4.78, 5) is 37.2. The molecule has 0 saturated heterocycles. The number of hydrogen-bond acceptors (Lipinski definition) is 6. The normalized spacial score (nSPS) is 14.4. The van der Waals surface area contributed by atoms with Crippen LogP contribution in [0.15, 0.2) is 18.3 Å². The lowest BCUT2D eigenvalue weighted by molar-refractivity contribution is 0.0233. The summed E-state index contributed by atoms with van der Waals surface area (Å²) < 4.78 is 5.30. The van der Waals surface area contributed by atoms with E-state index in [-0.39, 0.29) is 11.9 Å². The molecule has 3 rings (SSSR count). The minimum absolute atomic E-state index is 0.209. The molecule has 3 heterocycles. The molecule has 8 nitrogen and oxygen atoms in total. The van der Waals surface area contributed by atoms with Crippen LogP contribution in [0.25, 0.3) is 0 Å². The summed E-state index contributed by atoms with van der Waals surface area (Å²) in [6.45, 7) is 5.60. The number of anilines is 1. The number of fused-ring (bicyclic) bond motifs is 1. The van der Waals surface area contributed by atoms with E-state index in [4.69, 9.17) is 10.5 Å². The van der Waals surface area contributed by atoms with Crippen molar-refractivity contribution in [3.63, 3.8) is 0 Å². The molecule has 0 aliphatic carbocycles. The molecule has 8 heteroatoms. The standard InChI is InChI=1S/C17H21N5O3/c1-17(2,3)25-16(24)22-7-5-13-12(14(22)23)9-11(20-13)8-10-4-6-19-15(18)21-10/h4,6,9,20H,5,7-8H2,1-3H3,(H2,18,19,21). The average molecular weight is 343 g/mol. The Morgan fingerprint density at radius 2 is 2.20 bits per heavy atom. The lowest BCUT2D eigenvalue weighted by Crippen LogP contribution is -2.44. The molecule has 0 bridgehead atoms. The highest BCUT2D eigenvalue weighted by Crippen LogP contribution is 2.23. The minimum Gasteiger partial charge on any atom is -0.443 e. The van der Waals surface area contributed by atoms with E-state index in [1.165, 1.54) is 0 Å². The van der Waals surface area contributed by atoms with Crippen LogP contribution in [0.2, 0.25) is 0 Å². The number of hydrogen-bond donors (Lipinski definition) is 2. The molecular weight excluding hydrogens is 322 g/mol. The fourth-order valence-electron chi connectivity index (χ4n) is 2.71. The quantitative estimate of drug-likeness (QED) is 0.861. The van der Waals surface area contributed by atoms with Crippen molar-refractivity contribution in [1.29, 1.82) is 0 Å². The van der Waals surface area contributed by atoms with E-state index in [9.17, 15) is 9.59 Å². The highest BCUT2D eigenvalue weighted by Gasteiger charge is 2.33. The van der Waals surface area contributed by atoms with E-state index in [1.807, 2.05) is 0 Å². The van der Waals surface area contributed by atoms with Gasteiger partial charge in [0.2, 0.25) is 5.95 Å². The van der Waals surface area contributed by atoms with Gasteiger partial charge >= 0.3 is 6.09 Å². The zero-order valence-electron chi connectivity index (χ0n) is 14.5. The minimum atomic E-state index is -0.645. The predicted octanol–water partition coefficient (Wildman–Crippen LogP) is 1.91. The van der Waals surface area contributed by atoms with E-state index in [2.05, 4.69) is 15.0 Å². The predicted molar refractivity (Wildman–Crippen MR) is 91.0 cm³/mol. The van der Waals surface area contributed by atoms with Gasteiger partial charge in [-0.1, -0.05) is 0 Å². The van der Waals surface area contributed by atoms with Crippen LogP contribution in [-0.2, 0) is 17.6 Å². The van der Waals surface area contributed by atoms with Gasteiger partial charge in [0, 0.05) is 37.0 Å². The molecule has 0 fully saturated rings. The monoisotopic (exact) mass is 343 g/mol. The summed E-state index contributed by atoms with van der Waals surface area (Å²) in [6.07, 6.45) is 2.04. The SMILES string of the molecule is CC(C)(C)OC(=O)N1CCc2[nH]c(Cc3ccnc(N)n3)cc2C1=O. The molecule has 3 N–H and O–H groups in total. The van der Waals surface area contributed by atoms with Gasteiger partial charge in [0.1, 0.15) is 5.60 Å². The van der Waals surface area contributed by atoms with Gasteiger partial charge in [-0.05, 0) is 32.9 Å². The smallest absolute Gasteiger partial charge is 0.417 e. The molecule has 2 aromatic rings. The van der Waals surface area contributed by atoms with Gasteiger partial charge in [-0.15, -0.1) is 0 Å². The van der Waals surface area contributed by atoms with Crippen LogP contribution in [0.1, 0.15) is 48.2 Å². The second-order valence-electron chi connectivity index (χ2n) is 6.96. The third-order valence-electron chi connectivity index (χ3n) is 3.73. The van der Waals surface area contributed by atoms with Gasteiger partial charge in [-0.2, -0.15) is 0 Å². The summed E-state index contributed by atoms with van der Waals surface area (Å²) in [6, 6.07) is 3.53. The van der Waals surface area contributed by atoms with Crippen molar-refractivity contribution >= 4 is 17.9 Å². The van der Waals surface area contributed by atoms with E-state index in [0.717, 1.165) is 22.0 Å². The van der Waals surface area contributed by atoms with Gasteiger partial charge < -0.3 is 15.5 Å². The number of imide groups is 1. The maximum absolute atomic E-state index is 12.6. The second kappa shape index (κ2) is 6.19. The summed E-state index contributed by atoms with van der Waals surface area (Å²) >= 11 is 0. The molecule has 1 aliphatic heterocycles. The van der Waals surface area contributed by atoms with Gasteiger partial charge in [-0.3, -0.25) is 4.79 Å². The molecule has 2 amide bonds. The summed E-state index contributed by atoms with van der Waals surface area (Å²) in [5.41, 5.74) is 7.85. The Labute approximate surface area is 145 Å². The van der Waals surface area contributed by atoms with Crippen molar-refractivity contribution < 1.29 is 14.3 Å². The number of amides is 2. The van der Waals surface area contributed by atoms with Crippen molar-refractivity contribution in [3.05, 3.63) is 41.0 Å². The molecule has 25 heavy (non-hydrogen) atoms. The molecule has 0 atom stereocenters. The number of carbonyl (C=O) groups excluding carboxylic acids is 2. The number of aromatic nitrogens is 3. The van der Waals surface area contributed by atoms with Crippen molar-refractivity contribution in [2.45, 2.75) is 39.2 Å². The maximum atomic E-state index is 12.6. The first-order valence-corrected chi connectivity index (χ1v) is 8.06. The molecule has 0 saturated carbocycles. The van der Waals surface area contributed by atoms with Crippen molar-refractivity contribution in [1.82, 2.24) is 19.9 Å². The number of nitrogen functional groups attached to an aromatic ring is 1. The lowest BCUT2D eigenvalue weighted by atomic mass is 10.1. The van der Waals surface area contributed by atoms with Gasteiger partial charge in [0.25, 0.3) is 5.91 Å². The van der Waals surface area contributed by atoms with Crippen LogP contribution in [0.3, 0.4) is 0 Å². The second-order valence-corrected chi connectivity index (χ2v) is 6.96. The fourth-order valence-corrected chi connectivity index (χ4v) is 2.71. The summed E-state index contributed by atoms with van der Waals surface area (Å²) in [5, 5.41) is 0. The topological polar surface area (TPSA) is 114 Å². The van der Waals surface area contributed by atoms with Crippen molar-refractivity contribution in [2.24, 2.45) is 0 Å². The number of nitrogens with zero attached hydrogens (tertiary/aromatic N) is 3. The molecule has 2 aromatic heterocycles. The van der Waals surface area contributed by atoms with E-state index >= 15 is 0 Å². The highest BCUT2D eigenvalue weighted by molar-refractivity contribution is 6.04. The largest absolute Gasteiger partial charge is 0.443 e. The maximum Gasteiger partial charge on any atom is 0.417 e. The lowest BCUT2D eigenvalue weighted by Gasteiger charge is -2.28. The van der Waals surface area contributed by atoms with Crippen LogP contribution in [0, 0.1) is 0 Å². The Morgan fingerprint density at radius 3 is 2.88 bits per heavy atom. The molecule has 0 unspecified atom stereocenters. The van der Waals surface area contributed by atoms with Crippen molar-refractivity contribution in [3.8, 4) is 0 Å². The Hall–Kier alpha value is -2.90. The fraction of sp³-hybridized carbons (Fsp3) is 0.412. The molecule has 0 spiro atoms. The van der Waals surface area contributed by atoms with E-state index in [1.54, 1.807) is 39.1 Å². The van der Waals surface area contributed by atoms with Gasteiger partial charge in [0.15, 0.2) is 0 Å². The van der Waals surface area contributed by atoms with Crippen LogP contribution in [0.5, 0.6) is 0 Å². The van der Waals surface area contributed by atoms with Crippen LogP contribution in [0.4, 0.5) is 10.7 Å². The highest BCUT2D eigenvalue weighted by atomic mass is 16.6. The molecular formula is C17H21N5O3. The third-order valence-corrected chi connectivity index (χ3v) is 3.73. The van der Waals surface area contributed by atoms with Crippen LogP contribution in [-0.4, -0.2) is 44.0 Å². The van der Waals surface area contributed by atoms with Crippen LogP contribution >= 0.6 is 0 Å². The average Bonchev–Trinajstić information content (AvgIpc) is 2.89. The van der Waals surface area contributed by atoms with E-state index < -0.39 is 11.7 Å². The number of aromatic amines is 1. The van der Waals surface area contributed by atoms with Crippen molar-refractivity contribution in [2.75, 3.05) is 12.3 Å². The zero-order chi connectivity index (χ0) is 18.2. The molecule has 0 radical (unpaired) electrons. The Balaban J connectivity index is 1.78. The number of carbonyl (C=O) groups is 2. The number of ether oxygens (including phenoxy) is 1. The van der Waals surface area contributed by atoms with Gasteiger partial charge in [0.05, 0.1) is 11.3 Å². The third kappa shape index (κ3) is 3.78. The zero-order valence-corrected chi connectivity index (χ0v) is 14.5. The number of rotatable bonds is 2. The Morgan fingerprint density at radius 1 is 1.44 bits per heavy atom. The molecule has 0 aromatic carbocycles. The number of H-pyrrole nitrogens is 1. The first-order chi connectivity index (χ1) is 11.7. The Kier molecular flexibility index (Phi) is 4.20. The summed E-state index contributed by atoms with van der Waals surface area (Å²) in [5.74, 6) is -0.138. The first-order valence-electron chi connectivity index (χ1n) is 8.06. The number of nitrogens with two attached hydrogens (primary N) is 1. The van der Waals surface area contributed by atoms with Crippen LogP contribution < -0.4 is 5.73 Å². The molecule has 1 aliphatic rings.